The molecule has 92 valence electrons. The van der Waals surface area contributed by atoms with E-state index >= 15 is 0 Å². The molecule has 2 rings (SSSR count). The molecule has 0 spiro atoms. The molecule has 0 atom stereocenters. The Labute approximate surface area is 105 Å². The molecule has 0 fully saturated rings. The van der Waals surface area contributed by atoms with E-state index in [1.165, 1.54) is 0 Å². The summed E-state index contributed by atoms with van der Waals surface area (Å²) in [7, 11) is 1.55. The number of aryl methyl sites for hydroxylation is 1. The maximum Gasteiger partial charge on any atom is 0.251 e. The third-order valence-electron chi connectivity index (χ3n) is 2.76. The van der Waals surface area contributed by atoms with Crippen molar-refractivity contribution in [3.05, 3.63) is 47.8 Å². The number of primary amides is 1. The highest BCUT2D eigenvalue weighted by Gasteiger charge is 2.18. The Morgan fingerprint density at radius 2 is 1.94 bits per heavy atom. The molecule has 2 N–H and O–H groups in total. The van der Waals surface area contributed by atoms with E-state index in [0.29, 0.717) is 22.6 Å². The van der Waals surface area contributed by atoms with E-state index < -0.39 is 5.91 Å². The number of pyridine rings is 1. The number of aromatic nitrogens is 1. The van der Waals surface area contributed by atoms with E-state index in [0.717, 1.165) is 5.56 Å². The van der Waals surface area contributed by atoms with E-state index in [1.807, 2.05) is 30.3 Å². The Kier molecular flexibility index (Phi) is 3.28. The van der Waals surface area contributed by atoms with Crippen molar-refractivity contribution in [2.45, 2.75) is 6.92 Å². The van der Waals surface area contributed by atoms with Crippen LogP contribution in [0.15, 0.2) is 36.5 Å². The van der Waals surface area contributed by atoms with Gasteiger partial charge in [-0.3, -0.25) is 9.78 Å². The maximum absolute atomic E-state index is 11.6. The minimum absolute atomic E-state index is 0.403. The zero-order valence-electron chi connectivity index (χ0n) is 10.3. The second kappa shape index (κ2) is 4.87. The topological polar surface area (TPSA) is 65.2 Å². The number of carbonyl (C=O) groups is 1. The van der Waals surface area contributed by atoms with Crippen LogP contribution in [0.5, 0.6) is 5.75 Å². The number of carbonyl (C=O) groups excluding carboxylic acids is 1. The van der Waals surface area contributed by atoms with Gasteiger partial charge in [-0.05, 0) is 12.5 Å². The number of methoxy groups -OCH3 is 1. The quantitative estimate of drug-likeness (QED) is 0.897. The summed E-state index contributed by atoms with van der Waals surface area (Å²) in [6, 6.07) is 9.52. The highest BCUT2D eigenvalue weighted by molar-refractivity contribution is 6.02. The van der Waals surface area contributed by atoms with Gasteiger partial charge < -0.3 is 10.5 Å². The normalized spacial score (nSPS) is 10.1. The van der Waals surface area contributed by atoms with Gasteiger partial charge in [-0.2, -0.15) is 0 Å². The zero-order valence-corrected chi connectivity index (χ0v) is 10.3. The predicted octanol–water partition coefficient (Wildman–Crippen LogP) is 2.16. The summed E-state index contributed by atoms with van der Waals surface area (Å²) < 4.78 is 5.28. The Hall–Kier alpha value is -2.36. The van der Waals surface area contributed by atoms with Crippen LogP contribution >= 0.6 is 0 Å². The summed E-state index contributed by atoms with van der Waals surface area (Å²) in [4.78, 5) is 15.7. The highest BCUT2D eigenvalue weighted by atomic mass is 16.5. The molecule has 0 saturated carbocycles. The molecular formula is C14H14N2O2. The van der Waals surface area contributed by atoms with Crippen LogP contribution in [0.4, 0.5) is 0 Å². The fraction of sp³-hybridized carbons (Fsp3) is 0.143. The first-order chi connectivity index (χ1) is 8.65. The van der Waals surface area contributed by atoms with E-state index in [4.69, 9.17) is 10.5 Å². The lowest BCUT2D eigenvalue weighted by molar-refractivity contribution is 0.0999. The molecule has 2 aromatic rings. The number of nitrogens with zero attached hydrogens (tertiary/aromatic N) is 1. The Bertz CT molecular complexity index is 580. The van der Waals surface area contributed by atoms with E-state index in [-0.39, 0.29) is 0 Å². The molecule has 0 aliphatic carbocycles. The van der Waals surface area contributed by atoms with E-state index in [9.17, 15) is 4.79 Å². The molecule has 1 amide bonds. The standard InChI is InChI=1S/C14H14N2O2/c1-9-12(14(15)17)13(11(18-2)8-16-9)10-6-4-3-5-7-10/h3-8H,1-2H3,(H2,15,17). The molecule has 0 saturated heterocycles. The predicted molar refractivity (Wildman–Crippen MR) is 69.5 cm³/mol. The number of hydrogen-bond acceptors (Lipinski definition) is 3. The monoisotopic (exact) mass is 242 g/mol. The lowest BCUT2D eigenvalue weighted by atomic mass is 9.98. The van der Waals surface area contributed by atoms with Crippen LogP contribution in [-0.2, 0) is 0 Å². The maximum atomic E-state index is 11.6. The highest BCUT2D eigenvalue weighted by Crippen LogP contribution is 2.33. The molecule has 1 aromatic carbocycles. The minimum Gasteiger partial charge on any atom is -0.494 e. The fourth-order valence-electron chi connectivity index (χ4n) is 1.94. The van der Waals surface area contributed by atoms with Crippen molar-refractivity contribution in [1.29, 1.82) is 0 Å². The summed E-state index contributed by atoms with van der Waals surface area (Å²) in [6.07, 6.45) is 1.60. The number of hydrogen-bond donors (Lipinski definition) is 1. The van der Waals surface area contributed by atoms with Gasteiger partial charge in [-0.15, -0.1) is 0 Å². The first-order valence-electron chi connectivity index (χ1n) is 5.54. The molecule has 0 unspecified atom stereocenters. The van der Waals surface area contributed by atoms with Crippen LogP contribution in [0.1, 0.15) is 16.1 Å². The second-order valence-corrected chi connectivity index (χ2v) is 3.89. The van der Waals surface area contributed by atoms with Crippen LogP contribution in [0.2, 0.25) is 0 Å². The number of ether oxygens (including phenoxy) is 1. The molecule has 4 nitrogen and oxygen atoms in total. The van der Waals surface area contributed by atoms with Crippen LogP contribution < -0.4 is 10.5 Å². The Balaban J connectivity index is 2.78. The fourth-order valence-corrected chi connectivity index (χ4v) is 1.94. The molecule has 18 heavy (non-hydrogen) atoms. The first-order valence-corrected chi connectivity index (χ1v) is 5.54. The summed E-state index contributed by atoms with van der Waals surface area (Å²) in [5.74, 6) is 0.0401. The van der Waals surface area contributed by atoms with Crippen molar-refractivity contribution in [2.24, 2.45) is 5.73 Å². The van der Waals surface area contributed by atoms with Crippen molar-refractivity contribution < 1.29 is 9.53 Å². The van der Waals surface area contributed by atoms with Crippen molar-refractivity contribution in [1.82, 2.24) is 4.98 Å². The summed E-state index contributed by atoms with van der Waals surface area (Å²) in [5.41, 5.74) is 8.02. The molecular weight excluding hydrogens is 228 g/mol. The number of rotatable bonds is 3. The van der Waals surface area contributed by atoms with Crippen molar-refractivity contribution in [3.63, 3.8) is 0 Å². The molecule has 1 heterocycles. The average molecular weight is 242 g/mol. The molecule has 1 aromatic heterocycles. The van der Waals surface area contributed by atoms with Gasteiger partial charge in [-0.25, -0.2) is 0 Å². The summed E-state index contributed by atoms with van der Waals surface area (Å²) in [5, 5.41) is 0. The van der Waals surface area contributed by atoms with E-state index in [2.05, 4.69) is 4.98 Å². The van der Waals surface area contributed by atoms with Crippen molar-refractivity contribution in [3.8, 4) is 16.9 Å². The van der Waals surface area contributed by atoms with Crippen LogP contribution in [0, 0.1) is 6.92 Å². The van der Waals surface area contributed by atoms with Gasteiger partial charge in [-0.1, -0.05) is 30.3 Å². The lowest BCUT2D eigenvalue weighted by Crippen LogP contribution is -2.15. The Morgan fingerprint density at radius 3 is 2.50 bits per heavy atom. The smallest absolute Gasteiger partial charge is 0.251 e. The third kappa shape index (κ3) is 2.05. The van der Waals surface area contributed by atoms with Crippen LogP contribution in [0.3, 0.4) is 0 Å². The average Bonchev–Trinajstić information content (AvgIpc) is 2.39. The van der Waals surface area contributed by atoms with Crippen LogP contribution in [0.25, 0.3) is 11.1 Å². The molecule has 0 aliphatic rings. The number of benzene rings is 1. The van der Waals surface area contributed by atoms with Crippen molar-refractivity contribution in [2.75, 3.05) is 7.11 Å². The molecule has 0 radical (unpaired) electrons. The molecule has 0 bridgehead atoms. The van der Waals surface area contributed by atoms with Crippen LogP contribution in [-0.4, -0.2) is 18.0 Å². The van der Waals surface area contributed by atoms with Gasteiger partial charge in [0, 0.05) is 5.56 Å². The SMILES string of the molecule is COc1cnc(C)c(C(N)=O)c1-c1ccccc1. The number of amides is 1. The minimum atomic E-state index is -0.502. The molecule has 4 heteroatoms. The van der Waals surface area contributed by atoms with E-state index in [1.54, 1.807) is 20.2 Å². The third-order valence-corrected chi connectivity index (χ3v) is 2.76. The first kappa shape index (κ1) is 12.1. The van der Waals surface area contributed by atoms with Gasteiger partial charge in [0.15, 0.2) is 0 Å². The molecule has 0 aliphatic heterocycles. The number of nitrogens with two attached hydrogens (primary N) is 1. The second-order valence-electron chi connectivity index (χ2n) is 3.89. The van der Waals surface area contributed by atoms with Gasteiger partial charge in [0.05, 0.1) is 24.6 Å². The summed E-state index contributed by atoms with van der Waals surface area (Å²) >= 11 is 0. The zero-order chi connectivity index (χ0) is 13.1. The van der Waals surface area contributed by atoms with Gasteiger partial charge in [0.25, 0.3) is 5.91 Å². The summed E-state index contributed by atoms with van der Waals surface area (Å²) in [6.45, 7) is 1.76. The van der Waals surface area contributed by atoms with Gasteiger partial charge >= 0.3 is 0 Å². The Morgan fingerprint density at radius 1 is 1.28 bits per heavy atom. The van der Waals surface area contributed by atoms with Crippen molar-refractivity contribution >= 4 is 5.91 Å². The largest absolute Gasteiger partial charge is 0.494 e. The lowest BCUT2D eigenvalue weighted by Gasteiger charge is -2.13. The van der Waals surface area contributed by atoms with Gasteiger partial charge in [0.1, 0.15) is 5.75 Å². The van der Waals surface area contributed by atoms with Gasteiger partial charge in [0.2, 0.25) is 0 Å².